The fraction of sp³-hybridized carbons (Fsp3) is 1.00. The highest BCUT2D eigenvalue weighted by Gasteiger charge is 2.44. The van der Waals surface area contributed by atoms with Crippen molar-refractivity contribution in [2.75, 3.05) is 34.5 Å². The fourth-order valence-electron chi connectivity index (χ4n) is 1.47. The highest BCUT2D eigenvalue weighted by Crippen LogP contribution is 2.25. The average molecular weight is 251 g/mol. The molecule has 0 rings (SSSR count). The average Bonchev–Trinajstić information content (AvgIpc) is 2.26. The Morgan fingerprint density at radius 3 is 1.94 bits per heavy atom. The van der Waals surface area contributed by atoms with Crippen LogP contribution in [0, 0.1) is 0 Å². The van der Waals surface area contributed by atoms with Crippen LogP contribution in [0.15, 0.2) is 0 Å². The van der Waals surface area contributed by atoms with E-state index in [1.165, 1.54) is 0 Å². The molecule has 0 aromatic heterocycles. The second-order valence-electron chi connectivity index (χ2n) is 4.22. The van der Waals surface area contributed by atoms with Gasteiger partial charge in [0, 0.05) is 34.0 Å². The van der Waals surface area contributed by atoms with Crippen LogP contribution in [0.4, 0.5) is 0 Å². The minimum Gasteiger partial charge on any atom is -0.377 e. The second-order valence-corrected chi connectivity index (χ2v) is 7.17. The maximum atomic E-state index is 5.75. The van der Waals surface area contributed by atoms with Crippen molar-refractivity contribution in [2.45, 2.75) is 31.9 Å². The van der Waals surface area contributed by atoms with Crippen molar-refractivity contribution in [3.8, 4) is 0 Å². The van der Waals surface area contributed by atoms with Crippen LogP contribution in [0.25, 0.3) is 0 Å². The number of nitrogens with two attached hydrogens (primary N) is 1. The molecule has 0 aliphatic rings. The first kappa shape index (κ1) is 16.0. The molecule has 0 aromatic carbocycles. The van der Waals surface area contributed by atoms with Crippen LogP contribution in [-0.2, 0) is 18.0 Å². The van der Waals surface area contributed by atoms with Crippen LogP contribution >= 0.6 is 0 Å². The number of hydrogen-bond acceptors (Lipinski definition) is 5. The molecule has 0 amide bonds. The summed E-state index contributed by atoms with van der Waals surface area (Å²) in [6.07, 6.45) is 0.852. The van der Waals surface area contributed by atoms with E-state index >= 15 is 0 Å². The van der Waals surface area contributed by atoms with Gasteiger partial charge in [-0.1, -0.05) is 0 Å². The Kier molecular flexibility index (Phi) is 7.37. The lowest BCUT2D eigenvalue weighted by Gasteiger charge is -2.33. The first-order chi connectivity index (χ1) is 7.45. The number of ether oxygens (including phenoxy) is 1. The van der Waals surface area contributed by atoms with Crippen molar-refractivity contribution in [3.63, 3.8) is 0 Å². The predicted molar refractivity (Wildman–Crippen MR) is 65.3 cm³/mol. The Hall–Kier alpha value is 0.0169. The van der Waals surface area contributed by atoms with Crippen LogP contribution in [0.5, 0.6) is 0 Å². The van der Waals surface area contributed by atoms with Crippen LogP contribution in [0.1, 0.15) is 20.3 Å². The van der Waals surface area contributed by atoms with E-state index < -0.39 is 8.80 Å². The zero-order chi connectivity index (χ0) is 12.7. The molecule has 0 spiro atoms. The van der Waals surface area contributed by atoms with Crippen molar-refractivity contribution < 1.29 is 18.0 Å². The quantitative estimate of drug-likeness (QED) is 0.489. The Bertz CT molecular complexity index is 177. The summed E-state index contributed by atoms with van der Waals surface area (Å²) in [5.41, 5.74) is 5.09. The molecule has 0 fully saturated rings. The van der Waals surface area contributed by atoms with Gasteiger partial charge in [0.25, 0.3) is 0 Å². The van der Waals surface area contributed by atoms with Gasteiger partial charge in [0.15, 0.2) is 0 Å². The molecule has 5 nitrogen and oxygen atoms in total. The lowest BCUT2D eigenvalue weighted by atomic mass is 10.2. The van der Waals surface area contributed by atoms with Crippen LogP contribution in [0.2, 0.25) is 6.04 Å². The van der Waals surface area contributed by atoms with E-state index in [2.05, 4.69) is 0 Å². The lowest BCUT2D eigenvalue weighted by Crippen LogP contribution is -2.49. The van der Waals surface area contributed by atoms with Crippen molar-refractivity contribution in [3.05, 3.63) is 0 Å². The standard InChI is InChI=1S/C10H25NO4Si/c1-10(2,15-8-6-7-11)9-16(12-3,13-4)14-5/h6-9,11H2,1-5H3. The highest BCUT2D eigenvalue weighted by atomic mass is 28.4. The molecule has 0 aliphatic heterocycles. The molecule has 0 saturated carbocycles. The minimum absolute atomic E-state index is 0.330. The molecule has 0 aliphatic carbocycles. The van der Waals surface area contributed by atoms with Gasteiger partial charge in [-0.25, -0.2) is 0 Å². The molecule has 0 unspecified atom stereocenters. The molecule has 2 N–H and O–H groups in total. The van der Waals surface area contributed by atoms with E-state index in [0.717, 1.165) is 6.42 Å². The monoisotopic (exact) mass is 251 g/mol. The van der Waals surface area contributed by atoms with Gasteiger partial charge in [-0.3, -0.25) is 0 Å². The van der Waals surface area contributed by atoms with Gasteiger partial charge in [0.2, 0.25) is 0 Å². The Morgan fingerprint density at radius 2 is 1.56 bits per heavy atom. The molecule has 0 radical (unpaired) electrons. The molecule has 98 valence electrons. The Morgan fingerprint density at radius 1 is 1.06 bits per heavy atom. The summed E-state index contributed by atoms with van der Waals surface area (Å²) >= 11 is 0. The van der Waals surface area contributed by atoms with Gasteiger partial charge >= 0.3 is 8.80 Å². The van der Waals surface area contributed by atoms with Crippen molar-refractivity contribution >= 4 is 8.80 Å². The summed E-state index contributed by atoms with van der Waals surface area (Å²) in [5, 5.41) is 0. The fourth-order valence-corrected chi connectivity index (χ4v) is 3.55. The molecule has 0 aromatic rings. The van der Waals surface area contributed by atoms with Gasteiger partial charge < -0.3 is 23.7 Å². The first-order valence-electron chi connectivity index (χ1n) is 5.45. The topological polar surface area (TPSA) is 62.9 Å². The minimum atomic E-state index is -2.57. The summed E-state index contributed by atoms with van der Waals surface area (Å²) in [4.78, 5) is 0. The van der Waals surface area contributed by atoms with Crippen LogP contribution < -0.4 is 5.73 Å². The summed E-state index contributed by atoms with van der Waals surface area (Å²) in [6, 6.07) is 0.619. The van der Waals surface area contributed by atoms with Gasteiger partial charge in [-0.05, 0) is 26.8 Å². The highest BCUT2D eigenvalue weighted by molar-refractivity contribution is 6.60. The lowest BCUT2D eigenvalue weighted by molar-refractivity contribution is -0.0191. The zero-order valence-corrected chi connectivity index (χ0v) is 12.0. The van der Waals surface area contributed by atoms with Crippen LogP contribution in [-0.4, -0.2) is 48.9 Å². The summed E-state index contributed by atoms with van der Waals surface area (Å²) in [7, 11) is 2.25. The molecule has 0 atom stereocenters. The Balaban J connectivity index is 4.29. The van der Waals surface area contributed by atoms with Crippen molar-refractivity contribution in [1.82, 2.24) is 0 Å². The number of hydrogen-bond donors (Lipinski definition) is 1. The molecule has 16 heavy (non-hydrogen) atoms. The van der Waals surface area contributed by atoms with Gasteiger partial charge in [-0.2, -0.15) is 0 Å². The summed E-state index contributed by atoms with van der Waals surface area (Å²) < 4.78 is 21.9. The van der Waals surface area contributed by atoms with E-state index in [-0.39, 0.29) is 5.60 Å². The molecule has 0 saturated heterocycles. The number of rotatable bonds is 9. The molecular weight excluding hydrogens is 226 g/mol. The predicted octanol–water partition coefficient (Wildman–Crippen LogP) is 1.01. The smallest absolute Gasteiger partial charge is 0.377 e. The maximum absolute atomic E-state index is 5.75. The summed E-state index contributed by atoms with van der Waals surface area (Å²) in [5.74, 6) is 0. The normalized spacial score (nSPS) is 13.1. The first-order valence-corrected chi connectivity index (χ1v) is 7.38. The molecule has 0 bridgehead atoms. The van der Waals surface area contributed by atoms with E-state index in [1.807, 2.05) is 13.8 Å². The third kappa shape index (κ3) is 5.38. The van der Waals surface area contributed by atoms with E-state index in [0.29, 0.717) is 19.2 Å². The largest absolute Gasteiger partial charge is 0.503 e. The van der Waals surface area contributed by atoms with Gasteiger partial charge in [0.05, 0.1) is 5.60 Å². The third-order valence-corrected chi connectivity index (χ3v) is 5.57. The van der Waals surface area contributed by atoms with E-state index in [9.17, 15) is 0 Å². The Labute approximate surface area is 99.6 Å². The molecule has 6 heteroatoms. The maximum Gasteiger partial charge on any atom is 0.503 e. The zero-order valence-electron chi connectivity index (χ0n) is 11.0. The molecule has 0 heterocycles. The van der Waals surface area contributed by atoms with Crippen molar-refractivity contribution in [1.29, 1.82) is 0 Å². The van der Waals surface area contributed by atoms with E-state index in [4.69, 9.17) is 23.7 Å². The third-order valence-electron chi connectivity index (χ3n) is 2.42. The second kappa shape index (κ2) is 7.36. The SMILES string of the molecule is CO[Si](CC(C)(C)OCCCN)(OC)OC. The van der Waals surface area contributed by atoms with Crippen LogP contribution in [0.3, 0.4) is 0 Å². The van der Waals surface area contributed by atoms with Gasteiger partial charge in [-0.15, -0.1) is 0 Å². The summed E-state index contributed by atoms with van der Waals surface area (Å²) in [6.45, 7) is 5.28. The van der Waals surface area contributed by atoms with Gasteiger partial charge in [0.1, 0.15) is 0 Å². The van der Waals surface area contributed by atoms with E-state index in [1.54, 1.807) is 21.3 Å². The molecular formula is C10H25NO4Si. The van der Waals surface area contributed by atoms with Crippen molar-refractivity contribution in [2.24, 2.45) is 5.73 Å².